The van der Waals surface area contributed by atoms with E-state index in [0.717, 1.165) is 17.1 Å². The summed E-state index contributed by atoms with van der Waals surface area (Å²) in [5.74, 6) is 1.86. The minimum atomic E-state index is -0.268. The molecule has 0 spiro atoms. The Morgan fingerprint density at radius 3 is 2.45 bits per heavy atom. The number of hydrogen-bond donors (Lipinski definition) is 2. The third kappa shape index (κ3) is 4.35. The molecule has 0 bridgehead atoms. The van der Waals surface area contributed by atoms with Gasteiger partial charge in [-0.05, 0) is 61.0 Å². The van der Waals surface area contributed by atoms with Gasteiger partial charge >= 0.3 is 0 Å². The number of carbonyl (C=O) groups excluding carboxylic acids is 2. The molecule has 7 heteroatoms. The second-order valence-corrected chi connectivity index (χ2v) is 6.56. The van der Waals surface area contributed by atoms with Gasteiger partial charge in [0, 0.05) is 24.0 Å². The van der Waals surface area contributed by atoms with Crippen LogP contribution in [0.15, 0.2) is 60.8 Å². The van der Waals surface area contributed by atoms with Gasteiger partial charge in [-0.1, -0.05) is 6.07 Å². The third-order valence-corrected chi connectivity index (χ3v) is 4.49. The van der Waals surface area contributed by atoms with Crippen LogP contribution in [0.2, 0.25) is 0 Å². The summed E-state index contributed by atoms with van der Waals surface area (Å²) in [7, 11) is 0. The Kier molecular flexibility index (Phi) is 5.11. The number of benzene rings is 2. The molecular weight excluding hydrogens is 370 g/mol. The summed E-state index contributed by atoms with van der Waals surface area (Å²) < 4.78 is 10.7. The number of amides is 1. The number of aromatic nitrogens is 1. The van der Waals surface area contributed by atoms with Crippen LogP contribution >= 0.6 is 0 Å². The predicted molar refractivity (Wildman–Crippen MR) is 109 cm³/mol. The summed E-state index contributed by atoms with van der Waals surface area (Å²) in [6.07, 6.45) is 1.52. The Bertz CT molecular complexity index is 1050. The standard InChI is InChI=1S/C22H19N3O4/c1-14(26)16-3-6-18(7-4-16)25-22(27)17-5-9-21(24-12-17)23-11-15-2-8-19-20(10-15)29-13-28-19/h2-10,12H,11,13H2,1H3,(H,23,24)(H,25,27). The zero-order valence-electron chi connectivity index (χ0n) is 15.8. The number of rotatable bonds is 6. The summed E-state index contributed by atoms with van der Waals surface area (Å²) >= 11 is 0. The number of carbonyl (C=O) groups is 2. The highest BCUT2D eigenvalue weighted by molar-refractivity contribution is 6.04. The van der Waals surface area contributed by atoms with Gasteiger partial charge in [0.15, 0.2) is 17.3 Å². The van der Waals surface area contributed by atoms with Crippen LogP contribution < -0.4 is 20.1 Å². The van der Waals surface area contributed by atoms with Crippen LogP contribution in [-0.2, 0) is 6.54 Å². The Morgan fingerprint density at radius 1 is 0.966 bits per heavy atom. The zero-order valence-corrected chi connectivity index (χ0v) is 15.8. The Morgan fingerprint density at radius 2 is 1.72 bits per heavy atom. The van der Waals surface area contributed by atoms with Gasteiger partial charge in [0.1, 0.15) is 5.82 Å². The summed E-state index contributed by atoms with van der Waals surface area (Å²) in [5, 5.41) is 6.00. The molecule has 1 aliphatic heterocycles. The molecule has 0 fully saturated rings. The normalized spacial score (nSPS) is 11.8. The van der Waals surface area contributed by atoms with Crippen molar-refractivity contribution in [1.29, 1.82) is 0 Å². The van der Waals surface area contributed by atoms with Gasteiger partial charge in [-0.2, -0.15) is 0 Å². The topological polar surface area (TPSA) is 89.6 Å². The van der Waals surface area contributed by atoms with Crippen LogP contribution in [-0.4, -0.2) is 23.5 Å². The monoisotopic (exact) mass is 389 g/mol. The Labute approximate surface area is 167 Å². The van der Waals surface area contributed by atoms with E-state index in [1.54, 1.807) is 36.4 Å². The molecule has 0 saturated heterocycles. The fourth-order valence-electron chi connectivity index (χ4n) is 2.87. The first-order valence-corrected chi connectivity index (χ1v) is 9.09. The highest BCUT2D eigenvalue weighted by Crippen LogP contribution is 2.32. The molecule has 2 aromatic carbocycles. The van der Waals surface area contributed by atoms with E-state index in [9.17, 15) is 9.59 Å². The van der Waals surface area contributed by atoms with Crippen molar-refractivity contribution >= 4 is 23.2 Å². The Balaban J connectivity index is 1.34. The van der Waals surface area contributed by atoms with Crippen LogP contribution in [0, 0.1) is 0 Å². The number of pyridine rings is 1. The van der Waals surface area contributed by atoms with E-state index in [0.29, 0.717) is 29.2 Å². The summed E-state index contributed by atoms with van der Waals surface area (Å²) in [6, 6.07) is 16.0. The smallest absolute Gasteiger partial charge is 0.257 e. The second kappa shape index (κ2) is 8.02. The quantitative estimate of drug-likeness (QED) is 0.622. The van der Waals surface area contributed by atoms with Crippen LogP contribution in [0.5, 0.6) is 11.5 Å². The molecule has 0 atom stereocenters. The van der Waals surface area contributed by atoms with Gasteiger partial charge in [-0.3, -0.25) is 9.59 Å². The van der Waals surface area contributed by atoms with E-state index in [1.165, 1.54) is 13.1 Å². The molecule has 1 amide bonds. The van der Waals surface area contributed by atoms with Crippen LogP contribution in [0.25, 0.3) is 0 Å². The first-order chi connectivity index (χ1) is 14.1. The van der Waals surface area contributed by atoms with Crippen molar-refractivity contribution in [2.75, 3.05) is 17.4 Å². The number of fused-ring (bicyclic) bond motifs is 1. The molecule has 0 radical (unpaired) electrons. The average Bonchev–Trinajstić information content (AvgIpc) is 3.21. The molecule has 4 rings (SSSR count). The fourth-order valence-corrected chi connectivity index (χ4v) is 2.87. The molecule has 7 nitrogen and oxygen atoms in total. The van der Waals surface area contributed by atoms with E-state index >= 15 is 0 Å². The minimum Gasteiger partial charge on any atom is -0.454 e. The van der Waals surface area contributed by atoms with Gasteiger partial charge in [-0.25, -0.2) is 4.98 Å². The molecule has 0 saturated carbocycles. The number of Topliss-reactive ketones (excluding diaryl/α,β-unsaturated/α-hetero) is 1. The largest absolute Gasteiger partial charge is 0.454 e. The number of hydrogen-bond acceptors (Lipinski definition) is 6. The van der Waals surface area contributed by atoms with Crippen LogP contribution in [0.4, 0.5) is 11.5 Å². The molecule has 3 aromatic rings. The first-order valence-electron chi connectivity index (χ1n) is 9.09. The zero-order chi connectivity index (χ0) is 20.2. The molecule has 0 aliphatic carbocycles. The van der Waals surface area contributed by atoms with Gasteiger partial charge in [-0.15, -0.1) is 0 Å². The fraction of sp³-hybridized carbons (Fsp3) is 0.136. The Hall–Kier alpha value is -3.87. The summed E-state index contributed by atoms with van der Waals surface area (Å²) in [4.78, 5) is 28.0. The molecule has 29 heavy (non-hydrogen) atoms. The highest BCUT2D eigenvalue weighted by Gasteiger charge is 2.13. The van der Waals surface area contributed by atoms with Crippen molar-refractivity contribution in [3.63, 3.8) is 0 Å². The van der Waals surface area contributed by atoms with Gasteiger partial charge in [0.25, 0.3) is 5.91 Å². The van der Waals surface area contributed by atoms with E-state index in [4.69, 9.17) is 9.47 Å². The molecular formula is C22H19N3O4. The van der Waals surface area contributed by atoms with Crippen molar-refractivity contribution in [2.45, 2.75) is 13.5 Å². The maximum atomic E-state index is 12.4. The van der Waals surface area contributed by atoms with Crippen molar-refractivity contribution in [3.8, 4) is 11.5 Å². The second-order valence-electron chi connectivity index (χ2n) is 6.56. The van der Waals surface area contributed by atoms with E-state index < -0.39 is 0 Å². The lowest BCUT2D eigenvalue weighted by molar-refractivity contribution is 0.101. The lowest BCUT2D eigenvalue weighted by Gasteiger charge is -2.08. The molecule has 0 unspecified atom stereocenters. The average molecular weight is 389 g/mol. The van der Waals surface area contributed by atoms with Crippen molar-refractivity contribution in [2.24, 2.45) is 0 Å². The SMILES string of the molecule is CC(=O)c1ccc(NC(=O)c2ccc(NCc3ccc4c(c3)OCO4)nc2)cc1. The van der Waals surface area contributed by atoms with E-state index in [-0.39, 0.29) is 18.5 Å². The van der Waals surface area contributed by atoms with Crippen molar-refractivity contribution in [1.82, 2.24) is 4.98 Å². The molecule has 2 heterocycles. The summed E-state index contributed by atoms with van der Waals surface area (Å²) in [6.45, 7) is 2.32. The lowest BCUT2D eigenvalue weighted by atomic mass is 10.1. The van der Waals surface area contributed by atoms with Gasteiger partial charge < -0.3 is 20.1 Å². The number of ether oxygens (including phenoxy) is 2. The number of nitrogens with zero attached hydrogens (tertiary/aromatic N) is 1. The van der Waals surface area contributed by atoms with E-state index in [2.05, 4.69) is 15.6 Å². The third-order valence-electron chi connectivity index (χ3n) is 4.49. The number of ketones is 1. The van der Waals surface area contributed by atoms with Gasteiger partial charge in [0.2, 0.25) is 6.79 Å². The molecule has 2 N–H and O–H groups in total. The first kappa shape index (κ1) is 18.5. The van der Waals surface area contributed by atoms with Crippen molar-refractivity contribution in [3.05, 3.63) is 77.5 Å². The molecule has 1 aromatic heterocycles. The lowest BCUT2D eigenvalue weighted by Crippen LogP contribution is -2.12. The van der Waals surface area contributed by atoms with Crippen LogP contribution in [0.3, 0.4) is 0 Å². The maximum Gasteiger partial charge on any atom is 0.257 e. The predicted octanol–water partition coefficient (Wildman–Crippen LogP) is 3.88. The highest BCUT2D eigenvalue weighted by atomic mass is 16.7. The van der Waals surface area contributed by atoms with Crippen molar-refractivity contribution < 1.29 is 19.1 Å². The minimum absolute atomic E-state index is 0.0177. The molecule has 1 aliphatic rings. The number of nitrogens with one attached hydrogen (secondary N) is 2. The number of anilines is 2. The van der Waals surface area contributed by atoms with Crippen LogP contribution in [0.1, 0.15) is 33.2 Å². The van der Waals surface area contributed by atoms with E-state index in [1.807, 2.05) is 18.2 Å². The molecule has 146 valence electrons. The summed E-state index contributed by atoms with van der Waals surface area (Å²) in [5.41, 5.74) is 2.69. The maximum absolute atomic E-state index is 12.4. The van der Waals surface area contributed by atoms with Gasteiger partial charge in [0.05, 0.1) is 5.56 Å².